The summed E-state index contributed by atoms with van der Waals surface area (Å²) in [6, 6.07) is 1.72. The zero-order valence-corrected chi connectivity index (χ0v) is 14.9. The van der Waals surface area contributed by atoms with E-state index in [-0.39, 0.29) is 0 Å². The molecule has 27 heavy (non-hydrogen) atoms. The van der Waals surface area contributed by atoms with Crippen LogP contribution in [0.15, 0.2) is 28.0 Å². The van der Waals surface area contributed by atoms with Gasteiger partial charge in [0.25, 0.3) is 5.69 Å². The molecule has 0 spiro atoms. The van der Waals surface area contributed by atoms with Gasteiger partial charge in [-0.3, -0.25) is 14.9 Å². The minimum Gasteiger partial charge on any atom is -0.458 e. The third-order valence-corrected chi connectivity index (χ3v) is 5.68. The number of benzene rings is 1. The molecule has 0 radical (unpaired) electrons. The maximum Gasteiger partial charge on any atom is 0.340 e. The van der Waals surface area contributed by atoms with Crippen LogP contribution in [0.2, 0.25) is 0 Å². The van der Waals surface area contributed by atoms with Crippen molar-refractivity contribution in [2.24, 2.45) is 0 Å². The van der Waals surface area contributed by atoms with Crippen molar-refractivity contribution in [1.82, 2.24) is 0 Å². The number of nitrogens with zero attached hydrogens (tertiary/aromatic N) is 1. The number of carbonyl (C=O) groups excluding carboxylic acids is 1. The number of ether oxygens (including phenoxy) is 1. The lowest BCUT2D eigenvalue weighted by atomic mass is 10.3. The summed E-state index contributed by atoms with van der Waals surface area (Å²) >= 11 is 0. The summed E-state index contributed by atoms with van der Waals surface area (Å²) in [4.78, 5) is 19.5. The van der Waals surface area contributed by atoms with Gasteiger partial charge >= 0.3 is 18.3 Å². The largest absolute Gasteiger partial charge is 0.458 e. The zero-order valence-electron chi connectivity index (χ0n) is 13.3. The Morgan fingerprint density at radius 3 is 2.26 bits per heavy atom. The lowest BCUT2D eigenvalue weighted by Crippen LogP contribution is -2.34. The topological polar surface area (TPSA) is 138 Å². The number of rotatable bonds is 8. The SMILES string of the molecule is CS(=O)(=O)c1ccc(S(=O)(=O)CC(=O)OCC(F)(F)C(F)F)c([N+](=O)[O-])c1. The molecule has 15 heteroatoms. The fourth-order valence-corrected chi connectivity index (χ4v) is 3.57. The van der Waals surface area contributed by atoms with Gasteiger partial charge in [-0.05, 0) is 12.1 Å². The molecular weight excluding hydrogens is 426 g/mol. The Kier molecular flexibility index (Phi) is 6.53. The predicted octanol–water partition coefficient (Wildman–Crippen LogP) is 1.22. The third-order valence-electron chi connectivity index (χ3n) is 2.94. The van der Waals surface area contributed by atoms with E-state index in [4.69, 9.17) is 0 Å². The minimum absolute atomic E-state index is 0.443. The van der Waals surface area contributed by atoms with Crippen molar-refractivity contribution in [3.8, 4) is 0 Å². The van der Waals surface area contributed by atoms with Gasteiger partial charge in [0.05, 0.1) is 9.82 Å². The maximum absolute atomic E-state index is 12.7. The molecule has 0 aromatic heterocycles. The summed E-state index contributed by atoms with van der Waals surface area (Å²) in [6.45, 7) is -2.09. The molecule has 0 saturated heterocycles. The quantitative estimate of drug-likeness (QED) is 0.256. The van der Waals surface area contributed by atoms with Crippen LogP contribution in [0.5, 0.6) is 0 Å². The standard InChI is InChI=1S/C12H11F4NO8S2/c1-26(21,22)7-2-3-9(8(4-7)17(19)20)27(23,24)5-10(18)25-6-12(15,16)11(13)14/h2-4,11H,5-6H2,1H3. The lowest BCUT2D eigenvalue weighted by Gasteiger charge is -2.15. The normalized spacial score (nSPS) is 12.8. The fourth-order valence-electron chi connectivity index (χ4n) is 1.65. The highest BCUT2D eigenvalue weighted by Gasteiger charge is 2.42. The van der Waals surface area contributed by atoms with E-state index in [1.165, 1.54) is 0 Å². The molecule has 0 bridgehead atoms. The number of halogens is 4. The van der Waals surface area contributed by atoms with E-state index in [2.05, 4.69) is 4.74 Å². The molecule has 0 N–H and O–H groups in total. The molecular formula is C12H11F4NO8S2. The maximum atomic E-state index is 12.7. The number of esters is 1. The molecule has 152 valence electrons. The molecule has 0 fully saturated rings. The second kappa shape index (κ2) is 7.75. The number of nitro benzene ring substituents is 1. The van der Waals surface area contributed by atoms with Crippen LogP contribution in [0, 0.1) is 10.1 Å². The summed E-state index contributed by atoms with van der Waals surface area (Å²) in [5.41, 5.74) is -1.18. The molecule has 0 aliphatic rings. The molecule has 0 aliphatic heterocycles. The first-order chi connectivity index (χ1) is 12.1. The van der Waals surface area contributed by atoms with E-state index in [9.17, 15) is 49.3 Å². The van der Waals surface area contributed by atoms with E-state index in [0.717, 1.165) is 6.07 Å². The highest BCUT2D eigenvalue weighted by atomic mass is 32.2. The van der Waals surface area contributed by atoms with Crippen molar-refractivity contribution < 1.29 is 48.9 Å². The summed E-state index contributed by atoms with van der Waals surface area (Å²) in [5.74, 6) is -8.22. The fraction of sp³-hybridized carbons (Fsp3) is 0.417. The van der Waals surface area contributed by atoms with E-state index in [0.29, 0.717) is 18.4 Å². The second-order valence-electron chi connectivity index (χ2n) is 5.14. The number of nitro groups is 1. The average Bonchev–Trinajstić information content (AvgIpc) is 2.51. The van der Waals surface area contributed by atoms with Crippen molar-refractivity contribution in [3.63, 3.8) is 0 Å². The average molecular weight is 437 g/mol. The van der Waals surface area contributed by atoms with Crippen LogP contribution in [0.1, 0.15) is 0 Å². The molecule has 1 aromatic rings. The Labute approximate surface area is 149 Å². The zero-order chi connectivity index (χ0) is 21.2. The molecule has 0 atom stereocenters. The predicted molar refractivity (Wildman–Crippen MR) is 80.2 cm³/mol. The van der Waals surface area contributed by atoms with Gasteiger partial charge in [0, 0.05) is 12.3 Å². The molecule has 0 heterocycles. The Morgan fingerprint density at radius 1 is 1.26 bits per heavy atom. The van der Waals surface area contributed by atoms with Crippen molar-refractivity contribution >= 4 is 31.3 Å². The first-order valence-electron chi connectivity index (χ1n) is 6.61. The Balaban J connectivity index is 3.14. The van der Waals surface area contributed by atoms with Gasteiger partial charge in [0.15, 0.2) is 32.0 Å². The second-order valence-corrected chi connectivity index (χ2v) is 9.11. The van der Waals surface area contributed by atoms with Crippen molar-refractivity contribution in [3.05, 3.63) is 28.3 Å². The van der Waals surface area contributed by atoms with Gasteiger partial charge in [-0.15, -0.1) is 0 Å². The van der Waals surface area contributed by atoms with Gasteiger partial charge in [0.1, 0.15) is 4.90 Å². The van der Waals surface area contributed by atoms with Crippen LogP contribution in [-0.4, -0.2) is 58.7 Å². The van der Waals surface area contributed by atoms with Crippen molar-refractivity contribution in [2.75, 3.05) is 18.6 Å². The van der Waals surface area contributed by atoms with Gasteiger partial charge in [0.2, 0.25) is 0 Å². The monoisotopic (exact) mass is 437 g/mol. The summed E-state index contributed by atoms with van der Waals surface area (Å²) in [7, 11) is -8.75. The van der Waals surface area contributed by atoms with Crippen LogP contribution < -0.4 is 0 Å². The van der Waals surface area contributed by atoms with Gasteiger partial charge in [-0.25, -0.2) is 25.6 Å². The van der Waals surface area contributed by atoms with Gasteiger partial charge in [-0.1, -0.05) is 0 Å². The molecule has 1 aromatic carbocycles. The molecule has 0 aliphatic carbocycles. The first kappa shape index (κ1) is 22.8. The summed E-state index contributed by atoms with van der Waals surface area (Å²) in [6.07, 6.45) is -3.45. The number of hydrogen-bond acceptors (Lipinski definition) is 8. The number of alkyl halides is 4. The Bertz CT molecular complexity index is 960. The van der Waals surface area contributed by atoms with E-state index in [1.54, 1.807) is 0 Å². The number of sulfone groups is 2. The van der Waals surface area contributed by atoms with E-state index < -0.39 is 70.8 Å². The van der Waals surface area contributed by atoms with Gasteiger partial charge in [-0.2, -0.15) is 8.78 Å². The van der Waals surface area contributed by atoms with E-state index in [1.807, 2.05) is 0 Å². The smallest absolute Gasteiger partial charge is 0.340 e. The summed E-state index contributed by atoms with van der Waals surface area (Å²) < 4.78 is 100. The number of hydrogen-bond donors (Lipinski definition) is 0. The molecule has 0 saturated carbocycles. The molecule has 0 unspecified atom stereocenters. The van der Waals surface area contributed by atoms with Gasteiger partial charge < -0.3 is 4.74 Å². The summed E-state index contributed by atoms with van der Waals surface area (Å²) in [5, 5.41) is 11.0. The van der Waals surface area contributed by atoms with Crippen LogP contribution in [0.3, 0.4) is 0 Å². The lowest BCUT2D eigenvalue weighted by molar-refractivity contribution is -0.388. The molecule has 9 nitrogen and oxygen atoms in total. The first-order valence-corrected chi connectivity index (χ1v) is 10.1. The van der Waals surface area contributed by atoms with Crippen molar-refractivity contribution in [1.29, 1.82) is 0 Å². The molecule has 0 amide bonds. The third kappa shape index (κ3) is 5.85. The molecule has 1 rings (SSSR count). The van der Waals surface area contributed by atoms with E-state index >= 15 is 0 Å². The minimum atomic E-state index is -4.83. The highest BCUT2D eigenvalue weighted by Crippen LogP contribution is 2.28. The van der Waals surface area contributed by atoms with Crippen LogP contribution >= 0.6 is 0 Å². The van der Waals surface area contributed by atoms with Crippen LogP contribution in [0.4, 0.5) is 23.2 Å². The Morgan fingerprint density at radius 2 is 1.81 bits per heavy atom. The highest BCUT2D eigenvalue weighted by molar-refractivity contribution is 7.92. The van der Waals surface area contributed by atoms with Crippen LogP contribution in [0.25, 0.3) is 0 Å². The van der Waals surface area contributed by atoms with Crippen molar-refractivity contribution in [2.45, 2.75) is 22.1 Å². The number of carbonyl (C=O) groups is 1. The van der Waals surface area contributed by atoms with Crippen LogP contribution in [-0.2, 0) is 29.2 Å². The Hall–Kier alpha value is -2.29.